The summed E-state index contributed by atoms with van der Waals surface area (Å²) in [5.74, 6) is 1.95. The molecule has 1 N–H and O–H groups in total. The van der Waals surface area contributed by atoms with Gasteiger partial charge in [0.25, 0.3) is 5.91 Å². The molecular weight excluding hydrogens is 429 g/mol. The molecule has 0 aliphatic rings. The summed E-state index contributed by atoms with van der Waals surface area (Å²) >= 11 is 11.9. The van der Waals surface area contributed by atoms with E-state index in [-0.39, 0.29) is 12.5 Å². The summed E-state index contributed by atoms with van der Waals surface area (Å²) < 4.78 is 18.1. The highest BCUT2D eigenvalue weighted by Crippen LogP contribution is 2.30. The van der Waals surface area contributed by atoms with Crippen molar-refractivity contribution in [2.45, 2.75) is 6.04 Å². The molecule has 158 valence electrons. The second kappa shape index (κ2) is 9.73. The van der Waals surface area contributed by atoms with Gasteiger partial charge in [0, 0.05) is 31.6 Å². The molecule has 9 heteroatoms. The summed E-state index contributed by atoms with van der Waals surface area (Å²) in [7, 11) is 4.99. The van der Waals surface area contributed by atoms with Gasteiger partial charge >= 0.3 is 0 Å². The van der Waals surface area contributed by atoms with Gasteiger partial charge in [0.1, 0.15) is 29.1 Å². The van der Waals surface area contributed by atoms with Gasteiger partial charge in [-0.3, -0.25) is 4.79 Å². The van der Waals surface area contributed by atoms with Crippen LogP contribution in [0.15, 0.2) is 48.8 Å². The van der Waals surface area contributed by atoms with Crippen molar-refractivity contribution in [2.24, 2.45) is 7.05 Å². The minimum Gasteiger partial charge on any atom is -0.497 e. The quantitative estimate of drug-likeness (QED) is 0.561. The molecule has 0 fully saturated rings. The van der Waals surface area contributed by atoms with Crippen LogP contribution in [0.5, 0.6) is 17.2 Å². The minimum atomic E-state index is -0.543. The van der Waals surface area contributed by atoms with E-state index in [1.165, 1.54) is 0 Å². The van der Waals surface area contributed by atoms with E-state index in [2.05, 4.69) is 10.3 Å². The van der Waals surface area contributed by atoms with E-state index < -0.39 is 6.04 Å². The van der Waals surface area contributed by atoms with Crippen LogP contribution in [0, 0.1) is 0 Å². The molecule has 0 saturated carbocycles. The van der Waals surface area contributed by atoms with Gasteiger partial charge in [-0.1, -0.05) is 23.2 Å². The second-order valence-corrected chi connectivity index (χ2v) is 7.22. The number of aryl methyl sites for hydroxylation is 1. The number of aromatic nitrogens is 2. The first-order valence-electron chi connectivity index (χ1n) is 8.98. The van der Waals surface area contributed by atoms with Gasteiger partial charge in [-0.15, -0.1) is 0 Å². The molecule has 1 aromatic heterocycles. The number of nitrogens with zero attached hydrogens (tertiary/aromatic N) is 2. The zero-order chi connectivity index (χ0) is 21.7. The maximum absolute atomic E-state index is 12.7. The van der Waals surface area contributed by atoms with E-state index >= 15 is 0 Å². The summed E-state index contributed by atoms with van der Waals surface area (Å²) in [6, 6.07) is 9.67. The topological polar surface area (TPSA) is 74.6 Å². The number of hydrogen-bond donors (Lipinski definition) is 1. The average molecular weight is 450 g/mol. The third-order valence-electron chi connectivity index (χ3n) is 4.39. The zero-order valence-corrected chi connectivity index (χ0v) is 18.2. The van der Waals surface area contributed by atoms with Gasteiger partial charge in [-0.05, 0) is 29.8 Å². The number of methoxy groups -OCH3 is 2. The van der Waals surface area contributed by atoms with E-state index in [1.807, 2.05) is 23.7 Å². The Hall–Kier alpha value is -2.90. The molecule has 1 amide bonds. The van der Waals surface area contributed by atoms with Crippen LogP contribution >= 0.6 is 23.2 Å². The standard InChI is InChI=1S/C21H21Cl2N3O4/c1-26-7-6-24-21(26)20(13-8-15(28-2)10-16(9-13)29-3)25-19(27)12-30-14-4-5-17(22)18(23)11-14/h4-11,20H,12H2,1-3H3,(H,25,27). The average Bonchev–Trinajstić information content (AvgIpc) is 3.17. The number of benzene rings is 2. The van der Waals surface area contributed by atoms with Gasteiger partial charge in [-0.25, -0.2) is 4.98 Å². The van der Waals surface area contributed by atoms with E-state index in [9.17, 15) is 4.79 Å². The zero-order valence-electron chi connectivity index (χ0n) is 16.7. The first kappa shape index (κ1) is 21.8. The molecule has 7 nitrogen and oxygen atoms in total. The summed E-state index contributed by atoms with van der Waals surface area (Å²) in [5, 5.41) is 3.72. The molecule has 0 saturated heterocycles. The number of carbonyl (C=O) groups is 1. The van der Waals surface area contributed by atoms with E-state index in [1.54, 1.807) is 50.9 Å². The number of amides is 1. The molecule has 0 spiro atoms. The van der Waals surface area contributed by atoms with Crippen molar-refractivity contribution >= 4 is 29.1 Å². The number of carbonyl (C=O) groups excluding carboxylic acids is 1. The van der Waals surface area contributed by atoms with Crippen molar-refractivity contribution in [3.05, 3.63) is 70.2 Å². The molecule has 3 rings (SSSR count). The molecular formula is C21H21Cl2N3O4. The maximum Gasteiger partial charge on any atom is 0.258 e. The molecule has 1 atom stereocenters. The third kappa shape index (κ3) is 5.17. The highest BCUT2D eigenvalue weighted by Gasteiger charge is 2.22. The molecule has 2 aromatic carbocycles. The molecule has 1 heterocycles. The normalized spacial score (nSPS) is 11.6. The maximum atomic E-state index is 12.7. The lowest BCUT2D eigenvalue weighted by molar-refractivity contribution is -0.123. The minimum absolute atomic E-state index is 0.208. The number of rotatable bonds is 8. The van der Waals surface area contributed by atoms with Crippen LogP contribution in [-0.4, -0.2) is 36.3 Å². The van der Waals surface area contributed by atoms with Crippen LogP contribution in [-0.2, 0) is 11.8 Å². The van der Waals surface area contributed by atoms with Gasteiger partial charge in [-0.2, -0.15) is 0 Å². The van der Waals surface area contributed by atoms with Crippen LogP contribution in [0.2, 0.25) is 10.0 Å². The molecule has 0 aliphatic heterocycles. The third-order valence-corrected chi connectivity index (χ3v) is 5.13. The Labute approximate surface area is 184 Å². The molecule has 3 aromatic rings. The predicted octanol–water partition coefficient (Wildman–Crippen LogP) is 4.03. The Kier molecular flexibility index (Phi) is 7.07. The number of nitrogens with one attached hydrogen (secondary N) is 1. The van der Waals surface area contributed by atoms with Crippen LogP contribution in [0.25, 0.3) is 0 Å². The summed E-state index contributed by atoms with van der Waals surface area (Å²) in [4.78, 5) is 17.1. The smallest absolute Gasteiger partial charge is 0.258 e. The van der Waals surface area contributed by atoms with Crippen molar-refractivity contribution in [2.75, 3.05) is 20.8 Å². The van der Waals surface area contributed by atoms with Crippen LogP contribution < -0.4 is 19.5 Å². The fourth-order valence-corrected chi connectivity index (χ4v) is 3.15. The van der Waals surface area contributed by atoms with Gasteiger partial charge in [0.05, 0.1) is 24.3 Å². The molecule has 0 bridgehead atoms. The first-order valence-corrected chi connectivity index (χ1v) is 9.74. The molecule has 1 unspecified atom stereocenters. The van der Waals surface area contributed by atoms with Crippen molar-refractivity contribution in [1.82, 2.24) is 14.9 Å². The van der Waals surface area contributed by atoms with E-state index in [0.717, 1.165) is 5.56 Å². The lowest BCUT2D eigenvalue weighted by Crippen LogP contribution is -2.34. The Morgan fingerprint density at radius 1 is 1.07 bits per heavy atom. The highest BCUT2D eigenvalue weighted by atomic mass is 35.5. The Morgan fingerprint density at radius 2 is 1.77 bits per heavy atom. The fraction of sp³-hybridized carbons (Fsp3) is 0.238. The number of imidazole rings is 1. The van der Waals surface area contributed by atoms with Crippen LogP contribution in [0.1, 0.15) is 17.4 Å². The van der Waals surface area contributed by atoms with Crippen LogP contribution in [0.4, 0.5) is 0 Å². The Bertz CT molecular complexity index is 1020. The summed E-state index contributed by atoms with van der Waals surface area (Å²) in [6.45, 7) is -0.208. The molecule has 0 radical (unpaired) electrons. The first-order chi connectivity index (χ1) is 14.4. The van der Waals surface area contributed by atoms with Crippen LogP contribution in [0.3, 0.4) is 0 Å². The lowest BCUT2D eigenvalue weighted by Gasteiger charge is -2.20. The largest absolute Gasteiger partial charge is 0.497 e. The van der Waals surface area contributed by atoms with Crippen molar-refractivity contribution < 1.29 is 19.0 Å². The molecule has 0 aliphatic carbocycles. The Balaban J connectivity index is 1.82. The number of ether oxygens (including phenoxy) is 3. The van der Waals surface area contributed by atoms with Crippen molar-refractivity contribution in [3.8, 4) is 17.2 Å². The summed E-state index contributed by atoms with van der Waals surface area (Å²) in [5.41, 5.74) is 0.753. The number of hydrogen-bond acceptors (Lipinski definition) is 5. The monoisotopic (exact) mass is 449 g/mol. The number of halogens is 2. The predicted molar refractivity (Wildman–Crippen MR) is 115 cm³/mol. The molecule has 30 heavy (non-hydrogen) atoms. The van der Waals surface area contributed by atoms with Crippen molar-refractivity contribution in [1.29, 1.82) is 0 Å². The second-order valence-electron chi connectivity index (χ2n) is 6.41. The van der Waals surface area contributed by atoms with Gasteiger partial charge in [0.15, 0.2) is 6.61 Å². The Morgan fingerprint density at radius 3 is 2.33 bits per heavy atom. The van der Waals surface area contributed by atoms with Crippen molar-refractivity contribution in [3.63, 3.8) is 0 Å². The highest BCUT2D eigenvalue weighted by molar-refractivity contribution is 6.42. The lowest BCUT2D eigenvalue weighted by atomic mass is 10.0. The summed E-state index contributed by atoms with van der Waals surface area (Å²) in [6.07, 6.45) is 3.47. The SMILES string of the molecule is COc1cc(OC)cc(C(NC(=O)COc2ccc(Cl)c(Cl)c2)c2nccn2C)c1. The van der Waals surface area contributed by atoms with Gasteiger partial charge < -0.3 is 24.1 Å². The van der Waals surface area contributed by atoms with E-state index in [4.69, 9.17) is 37.4 Å². The van der Waals surface area contributed by atoms with E-state index in [0.29, 0.717) is 33.1 Å². The fourth-order valence-electron chi connectivity index (χ4n) is 2.87. The van der Waals surface area contributed by atoms with Gasteiger partial charge in [0.2, 0.25) is 0 Å².